The topological polar surface area (TPSA) is 0 Å². The second-order valence-corrected chi connectivity index (χ2v) is 14.5. The van der Waals surface area contributed by atoms with Crippen LogP contribution in [0, 0.1) is 0 Å². The first-order valence-electron chi connectivity index (χ1n) is 5.86. The minimum Gasteiger partial charge on any atom is -0.172 e. The minimum atomic E-state index is -0.816. The first kappa shape index (κ1) is 11.8. The molecule has 1 unspecified atom stereocenters. The highest BCUT2D eigenvalue weighted by Crippen LogP contribution is 2.37. The molecule has 0 amide bonds. The number of halogens is 1. The molecule has 1 rings (SSSR count). The van der Waals surface area contributed by atoms with E-state index >= 15 is 0 Å². The number of rotatable bonds is 4. The number of hydrogen-bond acceptors (Lipinski definition) is 0. The van der Waals surface area contributed by atoms with Crippen molar-refractivity contribution in [1.82, 2.24) is 0 Å². The summed E-state index contributed by atoms with van der Waals surface area (Å²) < 4.78 is 0. The van der Waals surface area contributed by atoms with Gasteiger partial charge in [-0.2, -0.15) is 11.1 Å². The summed E-state index contributed by atoms with van der Waals surface area (Å²) in [5.74, 6) is 0. The highest BCUT2D eigenvalue weighted by atomic mass is 35.6. The van der Waals surface area contributed by atoms with E-state index in [1.807, 2.05) is 0 Å². The van der Waals surface area contributed by atoms with Gasteiger partial charge in [-0.25, -0.2) is 0 Å². The summed E-state index contributed by atoms with van der Waals surface area (Å²) in [5.41, 5.74) is 1.55. The zero-order valence-electron chi connectivity index (χ0n) is 9.11. The van der Waals surface area contributed by atoms with Crippen molar-refractivity contribution >= 4 is 27.3 Å². The molecule has 3 heteroatoms. The van der Waals surface area contributed by atoms with Crippen molar-refractivity contribution in [3.8, 4) is 0 Å². The molecule has 0 bridgehead atoms. The highest BCUT2D eigenvalue weighted by Gasteiger charge is 2.36. The van der Waals surface area contributed by atoms with Gasteiger partial charge in [0.05, 0.1) is 8.07 Å². The van der Waals surface area contributed by atoms with Crippen LogP contribution in [-0.4, -0.2) is 16.2 Å². The van der Waals surface area contributed by atoms with E-state index in [9.17, 15) is 0 Å². The smallest absolute Gasteiger partial charge is 0.138 e. The van der Waals surface area contributed by atoms with Crippen LogP contribution in [0.4, 0.5) is 0 Å². The van der Waals surface area contributed by atoms with Gasteiger partial charge in [-0.15, -0.1) is 0 Å². The van der Waals surface area contributed by atoms with Crippen LogP contribution in [0.15, 0.2) is 0 Å². The van der Waals surface area contributed by atoms with Gasteiger partial charge in [0.25, 0.3) is 0 Å². The van der Waals surface area contributed by atoms with Gasteiger partial charge in [0.1, 0.15) is 8.11 Å². The van der Waals surface area contributed by atoms with Gasteiger partial charge in [0.2, 0.25) is 0 Å². The largest absolute Gasteiger partial charge is 0.172 e. The zero-order valence-corrected chi connectivity index (χ0v) is 12.0. The summed E-state index contributed by atoms with van der Waals surface area (Å²) in [4.78, 5) is 0. The molecule has 0 radical (unpaired) electrons. The van der Waals surface area contributed by atoms with E-state index in [2.05, 4.69) is 13.8 Å². The first-order chi connectivity index (χ1) is 6.22. The van der Waals surface area contributed by atoms with Crippen molar-refractivity contribution in [2.45, 2.75) is 63.0 Å². The van der Waals surface area contributed by atoms with Crippen molar-refractivity contribution in [2.24, 2.45) is 0 Å². The van der Waals surface area contributed by atoms with E-state index in [4.69, 9.17) is 11.1 Å². The molecule has 0 saturated carbocycles. The Morgan fingerprint density at radius 2 is 1.85 bits per heavy atom. The lowest BCUT2D eigenvalue weighted by Crippen LogP contribution is -2.40. The van der Waals surface area contributed by atoms with Crippen LogP contribution in [0.1, 0.15) is 33.1 Å². The summed E-state index contributed by atoms with van der Waals surface area (Å²) >= 11 is 6.45. The predicted molar refractivity (Wildman–Crippen MR) is 68.0 cm³/mol. The lowest BCUT2D eigenvalue weighted by Gasteiger charge is -2.37. The summed E-state index contributed by atoms with van der Waals surface area (Å²) in [6.07, 6.45) is 4.29. The van der Waals surface area contributed by atoms with Gasteiger partial charge in [-0.3, -0.25) is 0 Å². The Bertz CT molecular complexity index is 138. The highest BCUT2D eigenvalue weighted by molar-refractivity contribution is 7.13. The molecule has 0 aromatic rings. The minimum absolute atomic E-state index is 0.749. The van der Waals surface area contributed by atoms with Crippen LogP contribution < -0.4 is 0 Å². The maximum Gasteiger partial charge on any atom is 0.138 e. The Morgan fingerprint density at radius 1 is 1.23 bits per heavy atom. The van der Waals surface area contributed by atoms with Crippen molar-refractivity contribution in [1.29, 1.82) is 0 Å². The van der Waals surface area contributed by atoms with E-state index < -0.39 is 16.2 Å². The Labute approximate surface area is 90.4 Å². The average molecular weight is 235 g/mol. The molecule has 1 heterocycles. The van der Waals surface area contributed by atoms with Gasteiger partial charge in [0.15, 0.2) is 0 Å². The predicted octanol–water partition coefficient (Wildman–Crippen LogP) is 4.16. The molecular weight excluding hydrogens is 212 g/mol. The standard InChI is InChI=1S/C10H23ClSi2/c1-3-7-13(8-4-2)9-5-6-12(11)10-13/h12H,3-10H2,1-2H3. The fourth-order valence-electron chi connectivity index (χ4n) is 3.01. The van der Waals surface area contributed by atoms with E-state index in [-0.39, 0.29) is 0 Å². The summed E-state index contributed by atoms with van der Waals surface area (Å²) in [5, 5.41) is 0. The summed E-state index contributed by atoms with van der Waals surface area (Å²) in [6.45, 7) is 4.70. The Morgan fingerprint density at radius 3 is 2.31 bits per heavy atom. The van der Waals surface area contributed by atoms with Crippen molar-refractivity contribution in [2.75, 3.05) is 0 Å². The van der Waals surface area contributed by atoms with Crippen LogP contribution in [0.2, 0.25) is 29.8 Å². The van der Waals surface area contributed by atoms with Crippen molar-refractivity contribution in [3.63, 3.8) is 0 Å². The normalized spacial score (nSPS) is 27.5. The van der Waals surface area contributed by atoms with E-state index in [1.165, 1.54) is 25.3 Å². The molecule has 78 valence electrons. The Balaban J connectivity index is 2.53. The molecule has 0 aliphatic carbocycles. The molecule has 0 nitrogen and oxygen atoms in total. The Kier molecular flexibility index (Phi) is 5.05. The van der Waals surface area contributed by atoms with Gasteiger partial charge < -0.3 is 0 Å². The molecule has 0 N–H and O–H groups in total. The van der Waals surface area contributed by atoms with Crippen LogP contribution >= 0.6 is 11.1 Å². The molecule has 13 heavy (non-hydrogen) atoms. The monoisotopic (exact) mass is 234 g/mol. The van der Waals surface area contributed by atoms with Gasteiger partial charge in [-0.05, 0) is 6.04 Å². The van der Waals surface area contributed by atoms with Gasteiger partial charge >= 0.3 is 0 Å². The Hall–Kier alpha value is 0.724. The molecule has 0 aromatic carbocycles. The lowest BCUT2D eigenvalue weighted by molar-refractivity contribution is 0.902. The fraction of sp³-hybridized carbons (Fsp3) is 1.00. The molecule has 1 aliphatic heterocycles. The fourth-order valence-corrected chi connectivity index (χ4v) is 18.3. The summed E-state index contributed by atoms with van der Waals surface area (Å²) in [7, 11) is -1.56. The van der Waals surface area contributed by atoms with Crippen LogP contribution in [-0.2, 0) is 0 Å². The van der Waals surface area contributed by atoms with Crippen LogP contribution in [0.3, 0.4) is 0 Å². The molecule has 1 fully saturated rings. The third kappa shape index (κ3) is 3.41. The van der Waals surface area contributed by atoms with E-state index in [0.29, 0.717) is 0 Å². The van der Waals surface area contributed by atoms with Crippen molar-refractivity contribution < 1.29 is 0 Å². The molecule has 1 saturated heterocycles. The first-order valence-corrected chi connectivity index (χ1v) is 12.1. The van der Waals surface area contributed by atoms with E-state index in [1.54, 1.807) is 23.8 Å². The van der Waals surface area contributed by atoms with Gasteiger partial charge in [-0.1, -0.05) is 56.9 Å². The average Bonchev–Trinajstić information content (AvgIpc) is 2.04. The second-order valence-electron chi connectivity index (χ2n) is 4.69. The second kappa shape index (κ2) is 5.57. The lowest BCUT2D eigenvalue weighted by atomic mass is 10.5. The van der Waals surface area contributed by atoms with Crippen molar-refractivity contribution in [3.05, 3.63) is 0 Å². The maximum atomic E-state index is 6.45. The van der Waals surface area contributed by atoms with Crippen LogP contribution in [0.5, 0.6) is 0 Å². The van der Waals surface area contributed by atoms with Gasteiger partial charge in [0, 0.05) is 0 Å². The third-order valence-corrected chi connectivity index (χ3v) is 16.3. The summed E-state index contributed by atoms with van der Waals surface area (Å²) in [6, 6.07) is 6.16. The quantitative estimate of drug-likeness (QED) is 0.506. The molecule has 1 aliphatic rings. The maximum absolute atomic E-state index is 6.45. The van der Waals surface area contributed by atoms with E-state index in [0.717, 1.165) is 0 Å². The SMILES string of the molecule is CCC[Si]1(CCC)CCC[SiH](Cl)C1. The molecular formula is C10H23ClSi2. The number of hydrogen-bond donors (Lipinski definition) is 0. The molecule has 0 aromatic heterocycles. The van der Waals surface area contributed by atoms with Crippen LogP contribution in [0.25, 0.3) is 0 Å². The zero-order chi connectivity index (χ0) is 9.73. The molecule has 0 spiro atoms. The molecule has 1 atom stereocenters. The third-order valence-electron chi connectivity index (χ3n) is 3.44.